The highest BCUT2D eigenvalue weighted by molar-refractivity contribution is 5.83. The first-order valence-corrected chi connectivity index (χ1v) is 7.91. The van der Waals surface area contributed by atoms with E-state index in [-0.39, 0.29) is 11.9 Å². The predicted molar refractivity (Wildman–Crippen MR) is 88.2 cm³/mol. The Hall–Kier alpha value is -1.87. The van der Waals surface area contributed by atoms with E-state index in [1.54, 1.807) is 6.08 Å². The molecule has 1 N–H and O–H groups in total. The number of unbranched alkanes of at least 4 members (excludes halogenated alkanes) is 2. The highest BCUT2D eigenvalue weighted by atomic mass is 16.5. The van der Waals surface area contributed by atoms with Gasteiger partial charge in [-0.25, -0.2) is 4.79 Å². The quantitative estimate of drug-likeness (QED) is 0.490. The van der Waals surface area contributed by atoms with E-state index < -0.39 is 6.10 Å². The van der Waals surface area contributed by atoms with Gasteiger partial charge in [0.1, 0.15) is 0 Å². The van der Waals surface area contributed by atoms with Crippen molar-refractivity contribution in [3.8, 4) is 0 Å². The summed E-state index contributed by atoms with van der Waals surface area (Å²) < 4.78 is 4.76. The van der Waals surface area contributed by atoms with Crippen molar-refractivity contribution < 1.29 is 14.6 Å². The van der Waals surface area contributed by atoms with Crippen LogP contribution >= 0.6 is 0 Å². The van der Waals surface area contributed by atoms with Gasteiger partial charge in [0.2, 0.25) is 0 Å². The van der Waals surface area contributed by atoms with Crippen LogP contribution in [0.25, 0.3) is 6.08 Å². The third kappa shape index (κ3) is 3.86. The molecule has 0 aromatic heterocycles. The van der Waals surface area contributed by atoms with Crippen LogP contribution in [-0.4, -0.2) is 18.2 Å². The fourth-order valence-corrected chi connectivity index (χ4v) is 2.89. The van der Waals surface area contributed by atoms with Crippen LogP contribution in [0.5, 0.6) is 0 Å². The molecule has 1 aromatic rings. The van der Waals surface area contributed by atoms with Crippen LogP contribution in [0, 0.1) is 5.92 Å². The minimum atomic E-state index is -0.612. The highest BCUT2D eigenvalue weighted by Gasteiger charge is 2.27. The number of fused-ring (bicyclic) bond motifs is 1. The Morgan fingerprint density at radius 3 is 2.82 bits per heavy atom. The number of methoxy groups -OCH3 is 1. The van der Waals surface area contributed by atoms with Crippen LogP contribution in [0.4, 0.5) is 0 Å². The molecule has 3 nitrogen and oxygen atoms in total. The van der Waals surface area contributed by atoms with Crippen molar-refractivity contribution in [2.75, 3.05) is 7.11 Å². The van der Waals surface area contributed by atoms with Gasteiger partial charge in [-0.15, -0.1) is 0 Å². The molecule has 0 amide bonds. The Labute approximate surface area is 132 Å². The Kier molecular flexibility index (Phi) is 5.96. The van der Waals surface area contributed by atoms with Crippen molar-refractivity contribution in [2.24, 2.45) is 5.92 Å². The van der Waals surface area contributed by atoms with Crippen molar-refractivity contribution in [1.29, 1.82) is 0 Å². The topological polar surface area (TPSA) is 46.5 Å². The molecule has 1 aliphatic carbocycles. The highest BCUT2D eigenvalue weighted by Crippen LogP contribution is 2.37. The number of benzene rings is 1. The van der Waals surface area contributed by atoms with E-state index in [9.17, 15) is 9.90 Å². The standard InChI is InChI=1S/C19H24O3/c1-3-4-5-9-15(13-18(20)22-2)17-12-11-14-8-6-7-10-16(14)19(17)21/h6-8,10-13,17,19,21H,3-5,9H2,1-2H3/b15-13+/t17-,19-/m0/s1. The summed E-state index contributed by atoms with van der Waals surface area (Å²) in [5.74, 6) is -0.517. The second-order valence-electron chi connectivity index (χ2n) is 5.66. The molecule has 0 heterocycles. The lowest BCUT2D eigenvalue weighted by atomic mass is 9.80. The van der Waals surface area contributed by atoms with Gasteiger partial charge in [0, 0.05) is 12.0 Å². The maximum absolute atomic E-state index is 11.6. The molecule has 0 fully saturated rings. The van der Waals surface area contributed by atoms with Crippen LogP contribution in [0.1, 0.15) is 49.8 Å². The molecule has 3 heteroatoms. The maximum atomic E-state index is 11.6. The lowest BCUT2D eigenvalue weighted by Gasteiger charge is -2.28. The summed E-state index contributed by atoms with van der Waals surface area (Å²) in [6.45, 7) is 2.15. The predicted octanol–water partition coefficient (Wildman–Crippen LogP) is 4.04. The molecule has 0 aliphatic heterocycles. The van der Waals surface area contributed by atoms with E-state index in [0.29, 0.717) is 0 Å². The molecule has 2 atom stereocenters. The number of hydrogen-bond acceptors (Lipinski definition) is 3. The summed E-state index contributed by atoms with van der Waals surface area (Å²) in [6.07, 6.45) is 9.00. The van der Waals surface area contributed by atoms with E-state index in [0.717, 1.165) is 42.4 Å². The summed E-state index contributed by atoms with van der Waals surface area (Å²) in [7, 11) is 1.38. The summed E-state index contributed by atoms with van der Waals surface area (Å²) in [5.41, 5.74) is 2.90. The number of carbonyl (C=O) groups is 1. The van der Waals surface area contributed by atoms with Gasteiger partial charge in [0.15, 0.2) is 0 Å². The Morgan fingerprint density at radius 1 is 1.32 bits per heavy atom. The molecule has 0 bridgehead atoms. The summed E-state index contributed by atoms with van der Waals surface area (Å²) in [4.78, 5) is 11.6. The van der Waals surface area contributed by atoms with Crippen molar-refractivity contribution in [3.05, 3.63) is 53.1 Å². The van der Waals surface area contributed by atoms with E-state index >= 15 is 0 Å². The Bertz CT molecular complexity index is 572. The third-order valence-electron chi connectivity index (χ3n) is 4.14. The largest absolute Gasteiger partial charge is 0.466 e. The van der Waals surface area contributed by atoms with Crippen LogP contribution in [0.3, 0.4) is 0 Å². The molecule has 1 aromatic carbocycles. The van der Waals surface area contributed by atoms with E-state index in [1.807, 2.05) is 36.4 Å². The van der Waals surface area contributed by atoms with Gasteiger partial charge in [-0.2, -0.15) is 0 Å². The average Bonchev–Trinajstić information content (AvgIpc) is 2.54. The summed E-state index contributed by atoms with van der Waals surface area (Å²) in [6, 6.07) is 7.83. The Balaban J connectivity index is 2.25. The second-order valence-corrected chi connectivity index (χ2v) is 5.66. The number of aliphatic hydroxyl groups excluding tert-OH is 1. The molecule has 0 radical (unpaired) electrons. The van der Waals surface area contributed by atoms with Gasteiger partial charge in [-0.3, -0.25) is 0 Å². The minimum absolute atomic E-state index is 0.161. The molecule has 2 rings (SSSR count). The molecule has 0 spiro atoms. The number of aliphatic hydroxyl groups is 1. The molecule has 22 heavy (non-hydrogen) atoms. The van der Waals surface area contributed by atoms with Crippen molar-refractivity contribution in [2.45, 2.75) is 38.7 Å². The number of carbonyl (C=O) groups excluding carboxylic acids is 1. The van der Waals surface area contributed by atoms with Crippen LogP contribution in [-0.2, 0) is 9.53 Å². The van der Waals surface area contributed by atoms with E-state index in [4.69, 9.17) is 4.74 Å². The minimum Gasteiger partial charge on any atom is -0.466 e. The van der Waals surface area contributed by atoms with Crippen LogP contribution in [0.2, 0.25) is 0 Å². The molecular weight excluding hydrogens is 276 g/mol. The zero-order valence-electron chi connectivity index (χ0n) is 13.3. The van der Waals surface area contributed by atoms with Gasteiger partial charge >= 0.3 is 5.97 Å². The molecule has 1 aliphatic rings. The maximum Gasteiger partial charge on any atom is 0.330 e. The van der Waals surface area contributed by atoms with Crippen LogP contribution in [0.15, 0.2) is 42.0 Å². The number of ether oxygens (including phenoxy) is 1. The lowest BCUT2D eigenvalue weighted by Crippen LogP contribution is -2.18. The van der Waals surface area contributed by atoms with Crippen molar-refractivity contribution >= 4 is 12.0 Å². The first kappa shape index (κ1) is 16.5. The zero-order valence-corrected chi connectivity index (χ0v) is 13.3. The normalized spacial score (nSPS) is 20.6. The smallest absolute Gasteiger partial charge is 0.330 e. The van der Waals surface area contributed by atoms with Gasteiger partial charge in [0.05, 0.1) is 13.2 Å². The van der Waals surface area contributed by atoms with Gasteiger partial charge < -0.3 is 9.84 Å². The van der Waals surface area contributed by atoms with E-state index in [1.165, 1.54) is 7.11 Å². The molecule has 118 valence electrons. The van der Waals surface area contributed by atoms with Gasteiger partial charge in [0.25, 0.3) is 0 Å². The SMILES string of the molecule is CCCCC/C(=C\C(=O)OC)[C@@H]1C=Cc2ccccc2[C@@H]1O. The summed E-state index contributed by atoms with van der Waals surface area (Å²) >= 11 is 0. The fourth-order valence-electron chi connectivity index (χ4n) is 2.89. The number of hydrogen-bond donors (Lipinski definition) is 1. The monoisotopic (exact) mass is 300 g/mol. The third-order valence-corrected chi connectivity index (χ3v) is 4.14. The fraction of sp³-hybridized carbons (Fsp3) is 0.421. The molecule has 0 saturated carbocycles. The van der Waals surface area contributed by atoms with Gasteiger partial charge in [-0.05, 0) is 24.0 Å². The van der Waals surface area contributed by atoms with E-state index in [2.05, 4.69) is 6.92 Å². The average molecular weight is 300 g/mol. The second kappa shape index (κ2) is 7.95. The lowest BCUT2D eigenvalue weighted by molar-refractivity contribution is -0.134. The van der Waals surface area contributed by atoms with Crippen molar-refractivity contribution in [1.82, 2.24) is 0 Å². The molecular formula is C19H24O3. The number of rotatable bonds is 6. The Morgan fingerprint density at radius 2 is 2.09 bits per heavy atom. The molecule has 0 unspecified atom stereocenters. The number of esters is 1. The molecule has 0 saturated heterocycles. The first-order chi connectivity index (χ1) is 10.7. The summed E-state index contributed by atoms with van der Waals surface area (Å²) in [5, 5.41) is 10.7. The first-order valence-electron chi connectivity index (χ1n) is 7.91. The zero-order chi connectivity index (χ0) is 15.9. The van der Waals surface area contributed by atoms with Crippen LogP contribution < -0.4 is 0 Å². The van der Waals surface area contributed by atoms with Gasteiger partial charge in [-0.1, -0.05) is 61.8 Å². The van der Waals surface area contributed by atoms with Crippen molar-refractivity contribution in [3.63, 3.8) is 0 Å².